The standard InChI is InChI=1S/C11H12N4O2S/c1-14(6-8-2-3-18-7-8)11-5-9(15(16)17)4-10(12)13-11/h2-5,7H,6H2,1H3,(H2,12,13). The van der Waals surface area contributed by atoms with E-state index in [1.807, 2.05) is 28.8 Å². The number of pyridine rings is 1. The summed E-state index contributed by atoms with van der Waals surface area (Å²) in [6.07, 6.45) is 0. The van der Waals surface area contributed by atoms with Gasteiger partial charge in [0.15, 0.2) is 0 Å². The van der Waals surface area contributed by atoms with Gasteiger partial charge >= 0.3 is 0 Å². The molecule has 2 aromatic rings. The summed E-state index contributed by atoms with van der Waals surface area (Å²) >= 11 is 1.61. The van der Waals surface area contributed by atoms with Crippen molar-refractivity contribution in [3.63, 3.8) is 0 Å². The van der Waals surface area contributed by atoms with Crippen LogP contribution in [0.25, 0.3) is 0 Å². The van der Waals surface area contributed by atoms with Crippen LogP contribution >= 0.6 is 11.3 Å². The van der Waals surface area contributed by atoms with Crippen LogP contribution < -0.4 is 10.6 Å². The Bertz CT molecular complexity index is 556. The van der Waals surface area contributed by atoms with E-state index in [1.165, 1.54) is 12.1 Å². The highest BCUT2D eigenvalue weighted by Crippen LogP contribution is 2.22. The topological polar surface area (TPSA) is 85.3 Å². The van der Waals surface area contributed by atoms with Crippen molar-refractivity contribution in [1.82, 2.24) is 4.98 Å². The number of nitrogens with two attached hydrogens (primary N) is 1. The number of nitrogens with zero attached hydrogens (tertiary/aromatic N) is 3. The number of rotatable bonds is 4. The third-order valence-corrected chi connectivity index (χ3v) is 3.15. The zero-order chi connectivity index (χ0) is 13.1. The van der Waals surface area contributed by atoms with Gasteiger partial charge < -0.3 is 10.6 Å². The maximum Gasteiger partial charge on any atom is 0.276 e. The number of aromatic nitrogens is 1. The molecule has 0 aliphatic rings. The van der Waals surface area contributed by atoms with Crippen molar-refractivity contribution in [3.8, 4) is 0 Å². The van der Waals surface area contributed by atoms with Crippen LogP contribution in [0.2, 0.25) is 0 Å². The van der Waals surface area contributed by atoms with Crippen molar-refractivity contribution < 1.29 is 4.92 Å². The molecular weight excluding hydrogens is 252 g/mol. The lowest BCUT2D eigenvalue weighted by atomic mass is 10.3. The third kappa shape index (κ3) is 2.75. The van der Waals surface area contributed by atoms with Crippen LogP contribution in [0.15, 0.2) is 29.0 Å². The fraction of sp³-hybridized carbons (Fsp3) is 0.182. The van der Waals surface area contributed by atoms with Gasteiger partial charge in [-0.15, -0.1) is 0 Å². The first kappa shape index (κ1) is 12.3. The molecule has 2 N–H and O–H groups in total. The molecule has 0 aromatic carbocycles. The van der Waals surface area contributed by atoms with Gasteiger partial charge in [-0.3, -0.25) is 10.1 Å². The van der Waals surface area contributed by atoms with Crippen molar-refractivity contribution in [1.29, 1.82) is 0 Å². The molecule has 2 rings (SSSR count). The molecule has 0 fully saturated rings. The van der Waals surface area contributed by atoms with Gasteiger partial charge in [-0.2, -0.15) is 11.3 Å². The SMILES string of the molecule is CN(Cc1ccsc1)c1cc([N+](=O)[O-])cc(N)n1. The van der Waals surface area contributed by atoms with E-state index in [9.17, 15) is 10.1 Å². The normalized spacial score (nSPS) is 10.3. The summed E-state index contributed by atoms with van der Waals surface area (Å²) in [5.74, 6) is 0.643. The molecule has 0 saturated heterocycles. The maximum atomic E-state index is 10.8. The molecule has 0 saturated carbocycles. The van der Waals surface area contributed by atoms with E-state index in [4.69, 9.17) is 5.73 Å². The van der Waals surface area contributed by atoms with E-state index in [1.54, 1.807) is 11.3 Å². The molecule has 94 valence electrons. The predicted molar refractivity (Wildman–Crippen MR) is 71.7 cm³/mol. The highest BCUT2D eigenvalue weighted by Gasteiger charge is 2.12. The van der Waals surface area contributed by atoms with Crippen LogP contribution in [0, 0.1) is 10.1 Å². The Morgan fingerprint density at radius 2 is 2.33 bits per heavy atom. The Kier molecular flexibility index (Phi) is 3.42. The Labute approximate surface area is 108 Å². The molecule has 0 aliphatic heterocycles. The van der Waals surface area contributed by atoms with Gasteiger partial charge in [0.25, 0.3) is 5.69 Å². The van der Waals surface area contributed by atoms with Crippen LogP contribution in [0.1, 0.15) is 5.56 Å². The average Bonchev–Trinajstić information content (AvgIpc) is 2.80. The monoisotopic (exact) mass is 264 g/mol. The minimum Gasteiger partial charge on any atom is -0.383 e. The number of nitro groups is 1. The van der Waals surface area contributed by atoms with Gasteiger partial charge in [0.2, 0.25) is 0 Å². The molecule has 2 heterocycles. The molecule has 0 bridgehead atoms. The first-order valence-corrected chi connectivity index (χ1v) is 6.14. The Hall–Kier alpha value is -2.15. The largest absolute Gasteiger partial charge is 0.383 e. The second-order valence-electron chi connectivity index (χ2n) is 3.85. The lowest BCUT2D eigenvalue weighted by molar-refractivity contribution is -0.384. The Morgan fingerprint density at radius 1 is 1.56 bits per heavy atom. The van der Waals surface area contributed by atoms with Gasteiger partial charge in [0.1, 0.15) is 11.6 Å². The number of hydrogen-bond acceptors (Lipinski definition) is 6. The Balaban J connectivity index is 2.24. The van der Waals surface area contributed by atoms with Crippen molar-refractivity contribution in [2.24, 2.45) is 0 Å². The van der Waals surface area contributed by atoms with Gasteiger partial charge in [0, 0.05) is 13.6 Å². The molecule has 0 aliphatic carbocycles. The van der Waals surface area contributed by atoms with E-state index in [0.717, 1.165) is 5.56 Å². The quantitative estimate of drug-likeness (QED) is 0.676. The van der Waals surface area contributed by atoms with Crippen LogP contribution in [-0.4, -0.2) is 17.0 Å². The lowest BCUT2D eigenvalue weighted by Crippen LogP contribution is -2.18. The number of thiophene rings is 1. The molecule has 2 aromatic heterocycles. The van der Waals surface area contributed by atoms with Gasteiger partial charge in [-0.1, -0.05) is 0 Å². The second kappa shape index (κ2) is 5.01. The van der Waals surface area contributed by atoms with Gasteiger partial charge in [-0.05, 0) is 22.4 Å². The molecular formula is C11H12N4O2S. The summed E-state index contributed by atoms with van der Waals surface area (Å²) < 4.78 is 0. The fourth-order valence-electron chi connectivity index (χ4n) is 1.56. The molecule has 0 spiro atoms. The summed E-state index contributed by atoms with van der Waals surface area (Å²) in [6, 6.07) is 4.67. The molecule has 0 unspecified atom stereocenters. The van der Waals surface area contributed by atoms with Crippen molar-refractivity contribution in [2.75, 3.05) is 17.7 Å². The minimum atomic E-state index is -0.472. The summed E-state index contributed by atoms with van der Waals surface area (Å²) in [5.41, 5.74) is 6.66. The number of anilines is 2. The second-order valence-corrected chi connectivity index (χ2v) is 4.63. The zero-order valence-electron chi connectivity index (χ0n) is 9.74. The summed E-state index contributed by atoms with van der Waals surface area (Å²) in [5, 5.41) is 14.8. The number of hydrogen-bond donors (Lipinski definition) is 1. The smallest absolute Gasteiger partial charge is 0.276 e. The van der Waals surface area contributed by atoms with Gasteiger partial charge in [0.05, 0.1) is 17.1 Å². The molecule has 0 radical (unpaired) electrons. The van der Waals surface area contributed by atoms with Crippen LogP contribution in [0.5, 0.6) is 0 Å². The summed E-state index contributed by atoms with van der Waals surface area (Å²) in [7, 11) is 1.82. The molecule has 0 atom stereocenters. The van der Waals surface area contributed by atoms with Crippen molar-refractivity contribution in [3.05, 3.63) is 44.6 Å². The van der Waals surface area contributed by atoms with Crippen LogP contribution in [-0.2, 0) is 6.54 Å². The molecule has 6 nitrogen and oxygen atoms in total. The zero-order valence-corrected chi connectivity index (χ0v) is 10.6. The van der Waals surface area contributed by atoms with E-state index in [-0.39, 0.29) is 11.5 Å². The van der Waals surface area contributed by atoms with E-state index < -0.39 is 4.92 Å². The predicted octanol–water partition coefficient (Wildman–Crippen LogP) is 2.27. The highest BCUT2D eigenvalue weighted by molar-refractivity contribution is 7.07. The fourth-order valence-corrected chi connectivity index (χ4v) is 2.22. The Morgan fingerprint density at radius 3 is 2.94 bits per heavy atom. The van der Waals surface area contributed by atoms with E-state index >= 15 is 0 Å². The first-order chi connectivity index (χ1) is 8.56. The third-order valence-electron chi connectivity index (χ3n) is 2.42. The van der Waals surface area contributed by atoms with Crippen LogP contribution in [0.4, 0.5) is 17.3 Å². The molecule has 7 heteroatoms. The van der Waals surface area contributed by atoms with Crippen molar-refractivity contribution in [2.45, 2.75) is 6.54 Å². The maximum absolute atomic E-state index is 10.8. The van der Waals surface area contributed by atoms with Gasteiger partial charge in [-0.25, -0.2) is 4.98 Å². The summed E-state index contributed by atoms with van der Waals surface area (Å²) in [6.45, 7) is 0.636. The lowest BCUT2D eigenvalue weighted by Gasteiger charge is -2.17. The number of nitrogen functional groups attached to an aromatic ring is 1. The van der Waals surface area contributed by atoms with E-state index in [2.05, 4.69) is 4.98 Å². The first-order valence-electron chi connectivity index (χ1n) is 5.20. The van der Waals surface area contributed by atoms with E-state index in [0.29, 0.717) is 12.4 Å². The molecule has 18 heavy (non-hydrogen) atoms. The van der Waals surface area contributed by atoms with Crippen LogP contribution in [0.3, 0.4) is 0 Å². The summed E-state index contributed by atoms with van der Waals surface area (Å²) in [4.78, 5) is 16.2. The molecule has 0 amide bonds. The minimum absolute atomic E-state index is 0.0466. The average molecular weight is 264 g/mol. The highest BCUT2D eigenvalue weighted by atomic mass is 32.1. The van der Waals surface area contributed by atoms with Crippen molar-refractivity contribution >= 4 is 28.7 Å².